The van der Waals surface area contributed by atoms with Crippen LogP contribution < -0.4 is 10.2 Å². The highest BCUT2D eigenvalue weighted by atomic mass is 35.5. The second kappa shape index (κ2) is 10.2. The van der Waals surface area contributed by atoms with E-state index in [0.29, 0.717) is 6.07 Å². The number of halogens is 6. The van der Waals surface area contributed by atoms with E-state index >= 15 is 0 Å². The van der Waals surface area contributed by atoms with Gasteiger partial charge in [0.2, 0.25) is 5.92 Å². The minimum atomic E-state index is -4.85. The quantitative estimate of drug-likeness (QED) is 0.429. The van der Waals surface area contributed by atoms with Gasteiger partial charge < -0.3 is 15.3 Å². The lowest BCUT2D eigenvalue weighted by atomic mass is 10.1. The van der Waals surface area contributed by atoms with Gasteiger partial charge in [-0.25, -0.2) is 17.8 Å². The number of amides is 2. The molecule has 0 aliphatic carbocycles. The molecule has 1 aliphatic heterocycles. The molecule has 1 atom stereocenters. The zero-order valence-corrected chi connectivity index (χ0v) is 20.3. The lowest BCUT2D eigenvalue weighted by Crippen LogP contribution is -2.29. The molecule has 3 rings (SSSR count). The van der Waals surface area contributed by atoms with Crippen molar-refractivity contribution in [2.24, 2.45) is 4.36 Å². The van der Waals surface area contributed by atoms with Crippen LogP contribution in [0.3, 0.4) is 0 Å². The van der Waals surface area contributed by atoms with Gasteiger partial charge in [-0.1, -0.05) is 17.7 Å². The maximum absolute atomic E-state index is 13.9. The summed E-state index contributed by atoms with van der Waals surface area (Å²) in [6.45, 7) is -0.283. The number of anilines is 2. The van der Waals surface area contributed by atoms with Crippen molar-refractivity contribution in [1.82, 2.24) is 0 Å². The van der Waals surface area contributed by atoms with E-state index in [9.17, 15) is 35.8 Å². The van der Waals surface area contributed by atoms with Crippen molar-refractivity contribution in [2.75, 3.05) is 29.6 Å². The SMILES string of the molecule is CS(=O)(=NC(=O)O)c1cccc(NC(=O)c2cc(Cl)c(C(F)(F)F)cc2N2CCCC(F)(F)CC2)c1. The molecular weight excluding hydrogens is 533 g/mol. The largest absolute Gasteiger partial charge is 0.463 e. The zero-order valence-electron chi connectivity index (χ0n) is 18.7. The predicted octanol–water partition coefficient (Wildman–Crippen LogP) is 6.37. The second-order valence-electron chi connectivity index (χ2n) is 8.20. The van der Waals surface area contributed by atoms with E-state index in [1.165, 1.54) is 29.2 Å². The predicted molar refractivity (Wildman–Crippen MR) is 125 cm³/mol. The van der Waals surface area contributed by atoms with Gasteiger partial charge in [0.15, 0.2) is 0 Å². The number of nitrogens with one attached hydrogen (secondary N) is 1. The molecule has 1 heterocycles. The van der Waals surface area contributed by atoms with Gasteiger partial charge in [-0.05, 0) is 36.8 Å². The van der Waals surface area contributed by atoms with Gasteiger partial charge in [-0.15, -0.1) is 4.36 Å². The number of hydrogen-bond acceptors (Lipinski definition) is 4. The Morgan fingerprint density at radius 1 is 1.17 bits per heavy atom. The molecule has 0 radical (unpaired) electrons. The highest BCUT2D eigenvalue weighted by Gasteiger charge is 2.37. The van der Waals surface area contributed by atoms with Crippen LogP contribution in [0.2, 0.25) is 5.02 Å². The van der Waals surface area contributed by atoms with E-state index in [0.717, 1.165) is 12.3 Å². The molecule has 14 heteroatoms. The minimum Gasteiger partial charge on any atom is -0.463 e. The molecule has 1 aliphatic rings. The minimum absolute atomic E-state index is 0.00112. The molecule has 2 amide bonds. The Labute approximate surface area is 208 Å². The third-order valence-electron chi connectivity index (χ3n) is 5.48. The van der Waals surface area contributed by atoms with Gasteiger partial charge in [0, 0.05) is 42.8 Å². The van der Waals surface area contributed by atoms with Crippen molar-refractivity contribution in [3.05, 3.63) is 52.5 Å². The Bertz CT molecular complexity index is 1310. The summed E-state index contributed by atoms with van der Waals surface area (Å²) in [5.41, 5.74) is -1.65. The fraction of sp³-hybridized carbons (Fsp3) is 0.364. The van der Waals surface area contributed by atoms with Crippen molar-refractivity contribution in [3.8, 4) is 0 Å². The van der Waals surface area contributed by atoms with E-state index < -0.39 is 57.3 Å². The van der Waals surface area contributed by atoms with Crippen LogP contribution in [-0.2, 0) is 15.9 Å². The summed E-state index contributed by atoms with van der Waals surface area (Å²) in [4.78, 5) is 25.3. The number of hydrogen-bond donors (Lipinski definition) is 2. The lowest BCUT2D eigenvalue weighted by Gasteiger charge is -2.27. The summed E-state index contributed by atoms with van der Waals surface area (Å²) in [6.07, 6.45) is -6.44. The third-order valence-corrected chi connectivity index (χ3v) is 7.42. The molecule has 1 fully saturated rings. The normalized spacial score (nSPS) is 17.6. The Kier molecular flexibility index (Phi) is 7.84. The van der Waals surface area contributed by atoms with Gasteiger partial charge in [-0.2, -0.15) is 13.2 Å². The first kappa shape index (κ1) is 27.7. The molecular formula is C22H21ClF5N3O4S. The Hall–Kier alpha value is -2.93. The lowest BCUT2D eigenvalue weighted by molar-refractivity contribution is -0.137. The summed E-state index contributed by atoms with van der Waals surface area (Å²) >= 11 is 5.84. The highest BCUT2D eigenvalue weighted by Crippen LogP contribution is 2.40. The molecule has 1 unspecified atom stereocenters. The van der Waals surface area contributed by atoms with Crippen molar-refractivity contribution >= 4 is 44.7 Å². The van der Waals surface area contributed by atoms with Gasteiger partial charge in [0.25, 0.3) is 5.91 Å². The number of alkyl halides is 5. The van der Waals surface area contributed by atoms with Crippen LogP contribution in [0.4, 0.5) is 38.1 Å². The van der Waals surface area contributed by atoms with E-state index in [2.05, 4.69) is 9.68 Å². The van der Waals surface area contributed by atoms with Gasteiger partial charge in [-0.3, -0.25) is 4.79 Å². The van der Waals surface area contributed by atoms with Crippen LogP contribution in [-0.4, -0.2) is 46.6 Å². The summed E-state index contributed by atoms with van der Waals surface area (Å²) < 4.78 is 84.0. The highest BCUT2D eigenvalue weighted by molar-refractivity contribution is 7.93. The molecule has 0 spiro atoms. The van der Waals surface area contributed by atoms with E-state index in [4.69, 9.17) is 16.7 Å². The van der Waals surface area contributed by atoms with Crippen molar-refractivity contribution in [3.63, 3.8) is 0 Å². The number of nitrogens with zero attached hydrogens (tertiary/aromatic N) is 2. The van der Waals surface area contributed by atoms with Crippen LogP contribution in [0.1, 0.15) is 35.2 Å². The Balaban J connectivity index is 2.03. The molecule has 2 aromatic carbocycles. The number of carboxylic acid groups (broad SMARTS) is 1. The molecule has 0 saturated carbocycles. The number of benzene rings is 2. The average Bonchev–Trinajstić information content (AvgIpc) is 2.92. The van der Waals surface area contributed by atoms with Crippen molar-refractivity contribution < 1.29 is 40.9 Å². The van der Waals surface area contributed by atoms with Crippen LogP contribution >= 0.6 is 11.6 Å². The molecule has 196 valence electrons. The van der Waals surface area contributed by atoms with E-state index in [1.54, 1.807) is 0 Å². The van der Waals surface area contributed by atoms with Crippen LogP contribution in [0, 0.1) is 0 Å². The maximum Gasteiger partial charge on any atom is 0.439 e. The first-order valence-corrected chi connectivity index (χ1v) is 12.8. The summed E-state index contributed by atoms with van der Waals surface area (Å²) in [5.74, 6) is -3.88. The van der Waals surface area contributed by atoms with E-state index in [1.807, 2.05) is 0 Å². The molecule has 0 bridgehead atoms. The summed E-state index contributed by atoms with van der Waals surface area (Å²) in [6, 6.07) is 6.80. The summed E-state index contributed by atoms with van der Waals surface area (Å²) in [7, 11) is -3.35. The fourth-order valence-corrected chi connectivity index (χ4v) is 5.09. The molecule has 0 aromatic heterocycles. The zero-order chi connectivity index (χ0) is 26.9. The summed E-state index contributed by atoms with van der Waals surface area (Å²) in [5, 5.41) is 10.5. The van der Waals surface area contributed by atoms with Crippen LogP contribution in [0.25, 0.3) is 0 Å². The first-order chi connectivity index (χ1) is 16.6. The molecule has 7 nitrogen and oxygen atoms in total. The third kappa shape index (κ3) is 6.64. The van der Waals surface area contributed by atoms with Crippen LogP contribution in [0.5, 0.6) is 0 Å². The van der Waals surface area contributed by atoms with Crippen molar-refractivity contribution in [1.29, 1.82) is 0 Å². The smallest absolute Gasteiger partial charge is 0.439 e. The number of carbonyl (C=O) groups excluding carboxylic acids is 1. The first-order valence-electron chi connectivity index (χ1n) is 10.5. The molecule has 36 heavy (non-hydrogen) atoms. The Morgan fingerprint density at radius 2 is 1.86 bits per heavy atom. The maximum atomic E-state index is 13.9. The molecule has 2 aromatic rings. The Morgan fingerprint density at radius 3 is 2.50 bits per heavy atom. The number of rotatable bonds is 4. The molecule has 1 saturated heterocycles. The topological polar surface area (TPSA) is 99.1 Å². The second-order valence-corrected chi connectivity index (χ2v) is 10.9. The van der Waals surface area contributed by atoms with E-state index in [-0.39, 0.29) is 41.3 Å². The van der Waals surface area contributed by atoms with Crippen molar-refractivity contribution in [2.45, 2.75) is 36.3 Å². The van der Waals surface area contributed by atoms with Gasteiger partial charge in [0.05, 0.1) is 31.6 Å². The number of carbonyl (C=O) groups is 2. The van der Waals surface area contributed by atoms with Gasteiger partial charge >= 0.3 is 12.3 Å². The standard InChI is InChI=1S/C22H21ClF5N3O4S/c1-36(35,30-20(33)34)14-5-2-4-13(10-14)29-19(32)15-11-17(23)16(22(26,27)28)12-18(15)31-8-3-6-21(24,25)7-9-31/h2,4-5,10-12H,3,6-9H2,1H3,(H,29,32)(H,33,34). The average molecular weight is 554 g/mol. The monoisotopic (exact) mass is 553 g/mol. The fourth-order valence-electron chi connectivity index (χ4n) is 3.74. The van der Waals surface area contributed by atoms with Gasteiger partial charge in [0.1, 0.15) is 0 Å². The molecule has 2 N–H and O–H groups in total. The van der Waals surface area contributed by atoms with Crippen LogP contribution in [0.15, 0.2) is 45.7 Å².